The molecule has 24 heavy (non-hydrogen) atoms. The maximum Gasteiger partial charge on any atom is 0.334 e. The number of carbonyl (C=O) groups is 1. The Kier molecular flexibility index (Phi) is 16.5. The monoisotopic (exact) mass is 334 g/mol. The first-order chi connectivity index (χ1) is 11.7. The van der Waals surface area contributed by atoms with Crippen molar-refractivity contribution in [1.82, 2.24) is 0 Å². The van der Waals surface area contributed by atoms with Crippen molar-refractivity contribution in [3.63, 3.8) is 0 Å². The molecule has 0 aliphatic rings. The van der Waals surface area contributed by atoms with Gasteiger partial charge in [-0.3, -0.25) is 0 Å². The molecule has 0 aromatic heterocycles. The summed E-state index contributed by atoms with van der Waals surface area (Å²) in [5, 5.41) is 9.40. The lowest BCUT2D eigenvalue weighted by Gasteiger charge is -2.05. The topological polar surface area (TPSA) is 46.5 Å². The fourth-order valence-corrected chi connectivity index (χ4v) is 2.07. The van der Waals surface area contributed by atoms with Crippen LogP contribution >= 0.6 is 0 Å². The van der Waals surface area contributed by atoms with Gasteiger partial charge in [-0.25, -0.2) is 4.79 Å². The smallest absolute Gasteiger partial charge is 0.334 e. The van der Waals surface area contributed by atoms with Crippen molar-refractivity contribution in [2.24, 2.45) is 0 Å². The molecule has 0 saturated carbocycles. The molecular formula is C21H34O3. The van der Waals surface area contributed by atoms with Gasteiger partial charge < -0.3 is 9.84 Å². The highest BCUT2D eigenvalue weighted by Crippen LogP contribution is 2.02. The molecule has 0 aromatic rings. The van der Waals surface area contributed by atoms with E-state index in [1.807, 2.05) is 12.2 Å². The van der Waals surface area contributed by atoms with E-state index in [1.54, 1.807) is 0 Å². The maximum atomic E-state index is 11.0. The van der Waals surface area contributed by atoms with E-state index in [2.05, 4.69) is 48.1 Å². The molecule has 136 valence electrons. The van der Waals surface area contributed by atoms with Crippen LogP contribution in [0.1, 0.15) is 64.7 Å². The molecule has 3 nitrogen and oxygen atoms in total. The largest absolute Gasteiger partial charge is 0.467 e. The average molecular weight is 335 g/mol. The SMILES string of the molecule is CCCCCC=CCC=CCC=CCC=CCC[C@H](O)C(=O)OC. The third-order valence-electron chi connectivity index (χ3n) is 3.54. The van der Waals surface area contributed by atoms with Crippen LogP contribution in [0.2, 0.25) is 0 Å². The van der Waals surface area contributed by atoms with E-state index in [0.29, 0.717) is 12.8 Å². The molecule has 0 aliphatic heterocycles. The summed E-state index contributed by atoms with van der Waals surface area (Å²) in [4.78, 5) is 11.0. The molecule has 0 fully saturated rings. The molecule has 0 rings (SSSR count). The number of hydrogen-bond donors (Lipinski definition) is 1. The highest BCUT2D eigenvalue weighted by molar-refractivity contribution is 5.74. The summed E-state index contributed by atoms with van der Waals surface area (Å²) in [7, 11) is 1.28. The maximum absolute atomic E-state index is 11.0. The molecule has 0 aliphatic carbocycles. The lowest BCUT2D eigenvalue weighted by molar-refractivity contribution is -0.150. The van der Waals surface area contributed by atoms with Gasteiger partial charge in [0.25, 0.3) is 0 Å². The second-order valence-corrected chi connectivity index (χ2v) is 5.70. The molecule has 0 saturated heterocycles. The van der Waals surface area contributed by atoms with Gasteiger partial charge in [-0.2, -0.15) is 0 Å². The molecule has 0 aromatic carbocycles. The van der Waals surface area contributed by atoms with Crippen LogP contribution in [0.3, 0.4) is 0 Å². The van der Waals surface area contributed by atoms with Crippen LogP contribution in [0, 0.1) is 0 Å². The lowest BCUT2D eigenvalue weighted by atomic mass is 10.2. The van der Waals surface area contributed by atoms with Crippen LogP contribution in [-0.4, -0.2) is 24.3 Å². The van der Waals surface area contributed by atoms with E-state index in [1.165, 1.54) is 32.8 Å². The zero-order valence-corrected chi connectivity index (χ0v) is 15.3. The summed E-state index contributed by atoms with van der Waals surface area (Å²) < 4.78 is 4.46. The van der Waals surface area contributed by atoms with Crippen LogP contribution < -0.4 is 0 Å². The minimum absolute atomic E-state index is 0.404. The second kappa shape index (κ2) is 17.7. The van der Waals surface area contributed by atoms with Crippen molar-refractivity contribution in [3.8, 4) is 0 Å². The van der Waals surface area contributed by atoms with Gasteiger partial charge >= 0.3 is 5.97 Å². The van der Waals surface area contributed by atoms with Crippen molar-refractivity contribution in [2.45, 2.75) is 70.8 Å². The predicted octanol–water partition coefficient (Wildman–Crippen LogP) is 5.28. The number of hydrogen-bond acceptors (Lipinski definition) is 3. The Hall–Kier alpha value is -1.61. The van der Waals surface area contributed by atoms with Crippen LogP contribution in [-0.2, 0) is 9.53 Å². The number of esters is 1. The van der Waals surface area contributed by atoms with Crippen molar-refractivity contribution in [3.05, 3.63) is 48.6 Å². The van der Waals surface area contributed by atoms with Crippen LogP contribution in [0.25, 0.3) is 0 Å². The fraction of sp³-hybridized carbons (Fsp3) is 0.571. The second-order valence-electron chi connectivity index (χ2n) is 5.70. The average Bonchev–Trinajstić information content (AvgIpc) is 2.60. The number of allylic oxidation sites excluding steroid dienone is 8. The third kappa shape index (κ3) is 15.3. The first-order valence-corrected chi connectivity index (χ1v) is 9.08. The highest BCUT2D eigenvalue weighted by atomic mass is 16.5. The van der Waals surface area contributed by atoms with Gasteiger partial charge in [0, 0.05) is 0 Å². The van der Waals surface area contributed by atoms with E-state index in [4.69, 9.17) is 0 Å². The van der Waals surface area contributed by atoms with Gasteiger partial charge in [0.2, 0.25) is 0 Å². The van der Waals surface area contributed by atoms with Crippen LogP contribution in [0.15, 0.2) is 48.6 Å². The van der Waals surface area contributed by atoms with Crippen molar-refractivity contribution in [1.29, 1.82) is 0 Å². The quantitative estimate of drug-likeness (QED) is 0.267. The Balaban J connectivity index is 3.53. The summed E-state index contributed by atoms with van der Waals surface area (Å²) in [6.45, 7) is 2.23. The van der Waals surface area contributed by atoms with E-state index in [9.17, 15) is 9.90 Å². The first-order valence-electron chi connectivity index (χ1n) is 9.08. The summed E-state index contributed by atoms with van der Waals surface area (Å²) in [6.07, 6.45) is 25.2. The minimum atomic E-state index is -1.01. The number of aliphatic hydroxyl groups excluding tert-OH is 1. The third-order valence-corrected chi connectivity index (χ3v) is 3.54. The lowest BCUT2D eigenvalue weighted by Crippen LogP contribution is -2.21. The van der Waals surface area contributed by atoms with Crippen molar-refractivity contribution in [2.75, 3.05) is 7.11 Å². The highest BCUT2D eigenvalue weighted by Gasteiger charge is 2.13. The molecule has 1 N–H and O–H groups in total. The summed E-state index contributed by atoms with van der Waals surface area (Å²) in [5.74, 6) is -0.564. The fourth-order valence-electron chi connectivity index (χ4n) is 2.07. The normalized spacial score (nSPS) is 13.6. The summed E-state index contributed by atoms with van der Waals surface area (Å²) >= 11 is 0. The molecule has 3 heteroatoms. The Bertz CT molecular complexity index is 405. The predicted molar refractivity (Wildman–Crippen MR) is 102 cm³/mol. The Morgan fingerprint density at radius 1 is 0.875 bits per heavy atom. The van der Waals surface area contributed by atoms with Crippen molar-refractivity contribution >= 4 is 5.97 Å². The molecule has 0 unspecified atom stereocenters. The number of ether oxygens (including phenoxy) is 1. The number of rotatable bonds is 14. The molecule has 1 atom stereocenters. The van der Waals surface area contributed by atoms with Gasteiger partial charge in [0.15, 0.2) is 6.10 Å². The molecular weight excluding hydrogens is 300 g/mol. The Morgan fingerprint density at radius 3 is 1.88 bits per heavy atom. The van der Waals surface area contributed by atoms with E-state index in [-0.39, 0.29) is 0 Å². The van der Waals surface area contributed by atoms with Gasteiger partial charge in [-0.15, -0.1) is 0 Å². The van der Waals surface area contributed by atoms with Crippen molar-refractivity contribution < 1.29 is 14.6 Å². The van der Waals surface area contributed by atoms with Crippen LogP contribution in [0.5, 0.6) is 0 Å². The Labute approximate surface area is 147 Å². The Morgan fingerprint density at radius 2 is 1.38 bits per heavy atom. The molecule has 0 radical (unpaired) electrons. The number of unbranched alkanes of at least 4 members (excludes halogenated alkanes) is 3. The van der Waals surface area contributed by atoms with Gasteiger partial charge in [-0.1, -0.05) is 68.4 Å². The van der Waals surface area contributed by atoms with Crippen LogP contribution in [0.4, 0.5) is 0 Å². The number of carbonyl (C=O) groups excluding carboxylic acids is 1. The minimum Gasteiger partial charge on any atom is -0.467 e. The van der Waals surface area contributed by atoms with Gasteiger partial charge in [0.05, 0.1) is 7.11 Å². The molecule has 0 spiro atoms. The molecule has 0 bridgehead atoms. The number of methoxy groups -OCH3 is 1. The summed E-state index contributed by atoms with van der Waals surface area (Å²) in [6, 6.07) is 0. The zero-order valence-electron chi connectivity index (χ0n) is 15.3. The van der Waals surface area contributed by atoms with Gasteiger partial charge in [-0.05, 0) is 44.9 Å². The van der Waals surface area contributed by atoms with E-state index < -0.39 is 12.1 Å². The number of aliphatic hydroxyl groups is 1. The zero-order chi connectivity index (χ0) is 17.9. The first kappa shape index (κ1) is 22.4. The van der Waals surface area contributed by atoms with E-state index in [0.717, 1.165) is 19.3 Å². The molecule has 0 amide bonds. The summed E-state index contributed by atoms with van der Waals surface area (Å²) in [5.41, 5.74) is 0. The van der Waals surface area contributed by atoms with E-state index >= 15 is 0 Å². The molecule has 0 heterocycles. The van der Waals surface area contributed by atoms with Gasteiger partial charge in [0.1, 0.15) is 0 Å². The standard InChI is InChI=1S/C21H34O3/c1-3-4-5-6-7-8-9-10-11-12-13-14-15-16-17-18-19-20(22)21(23)24-2/h7-8,10-11,13-14,16-17,20,22H,3-6,9,12,15,18-19H2,1-2H3/t20-/m0/s1.